The minimum Gasteiger partial charge on any atom is -0.341 e. The van der Waals surface area contributed by atoms with E-state index in [9.17, 15) is 0 Å². The third-order valence-corrected chi connectivity index (χ3v) is 4.07. The van der Waals surface area contributed by atoms with E-state index < -0.39 is 0 Å². The smallest absolute Gasteiger partial charge is 0.120 e. The fourth-order valence-electron chi connectivity index (χ4n) is 3.04. The monoisotopic (exact) mass is 319 g/mol. The number of benzene rings is 2. The molecule has 122 valence electrons. The standard InChI is InChI=1S/C19H21N5/c1-4-23-18-8-6-5-7-16(18)17-11-15(9-10-19(17)23)12-22-24(13(2)20)14(3)21/h5-12,20-21H,4H2,1-3H3/b20-13?,21-14?,22-12+. The van der Waals surface area contributed by atoms with E-state index in [-0.39, 0.29) is 11.7 Å². The summed E-state index contributed by atoms with van der Waals surface area (Å²) in [5, 5.41) is 23.4. The van der Waals surface area contributed by atoms with Crippen molar-refractivity contribution in [1.82, 2.24) is 9.58 Å². The van der Waals surface area contributed by atoms with E-state index in [2.05, 4.69) is 53.0 Å². The molecule has 2 aromatic carbocycles. The molecule has 3 aromatic rings. The topological polar surface area (TPSA) is 68.2 Å². The van der Waals surface area contributed by atoms with Gasteiger partial charge in [0.05, 0.1) is 6.21 Å². The maximum atomic E-state index is 7.68. The number of nitrogens with one attached hydrogen (secondary N) is 2. The largest absolute Gasteiger partial charge is 0.341 e. The van der Waals surface area contributed by atoms with Crippen molar-refractivity contribution in [3.8, 4) is 0 Å². The molecule has 0 aliphatic carbocycles. The van der Waals surface area contributed by atoms with Gasteiger partial charge in [-0.3, -0.25) is 10.8 Å². The zero-order chi connectivity index (χ0) is 17.3. The first-order valence-electron chi connectivity index (χ1n) is 7.98. The molecule has 0 saturated carbocycles. The van der Waals surface area contributed by atoms with Crippen LogP contribution < -0.4 is 0 Å². The molecule has 0 fully saturated rings. The predicted molar refractivity (Wildman–Crippen MR) is 101 cm³/mol. The fourth-order valence-corrected chi connectivity index (χ4v) is 3.04. The molecule has 0 spiro atoms. The van der Waals surface area contributed by atoms with Gasteiger partial charge in [-0.15, -0.1) is 0 Å². The number of aromatic nitrogens is 1. The van der Waals surface area contributed by atoms with Crippen LogP contribution >= 0.6 is 0 Å². The highest BCUT2D eigenvalue weighted by Crippen LogP contribution is 2.29. The van der Waals surface area contributed by atoms with Crippen LogP contribution in [-0.2, 0) is 6.54 Å². The van der Waals surface area contributed by atoms with E-state index >= 15 is 0 Å². The van der Waals surface area contributed by atoms with Gasteiger partial charge in [-0.2, -0.15) is 5.10 Å². The second-order valence-electron chi connectivity index (χ2n) is 5.77. The summed E-state index contributed by atoms with van der Waals surface area (Å²) in [6.07, 6.45) is 1.70. The molecule has 1 heterocycles. The Balaban J connectivity index is 2.10. The van der Waals surface area contributed by atoms with Crippen molar-refractivity contribution in [2.24, 2.45) is 5.10 Å². The van der Waals surface area contributed by atoms with Gasteiger partial charge in [0.2, 0.25) is 0 Å². The van der Waals surface area contributed by atoms with Crippen LogP contribution in [0.25, 0.3) is 21.8 Å². The van der Waals surface area contributed by atoms with Gasteiger partial charge in [0.25, 0.3) is 0 Å². The van der Waals surface area contributed by atoms with Gasteiger partial charge in [-0.25, -0.2) is 5.01 Å². The van der Waals surface area contributed by atoms with Gasteiger partial charge in [0, 0.05) is 28.4 Å². The van der Waals surface area contributed by atoms with Crippen LogP contribution in [0.2, 0.25) is 0 Å². The van der Waals surface area contributed by atoms with Gasteiger partial charge in [-0.05, 0) is 44.5 Å². The fraction of sp³-hybridized carbons (Fsp3) is 0.211. The van der Waals surface area contributed by atoms with Gasteiger partial charge in [0.15, 0.2) is 0 Å². The van der Waals surface area contributed by atoms with Gasteiger partial charge < -0.3 is 4.57 Å². The summed E-state index contributed by atoms with van der Waals surface area (Å²) in [5.41, 5.74) is 3.39. The number of aryl methyl sites for hydroxylation is 1. The van der Waals surface area contributed by atoms with E-state index in [0.717, 1.165) is 12.1 Å². The molecule has 0 aliphatic heterocycles. The van der Waals surface area contributed by atoms with Crippen LogP contribution in [0.15, 0.2) is 47.6 Å². The van der Waals surface area contributed by atoms with E-state index in [1.54, 1.807) is 20.1 Å². The number of hydrazone groups is 1. The number of nitrogens with zero attached hydrogens (tertiary/aromatic N) is 3. The van der Waals surface area contributed by atoms with Crippen molar-refractivity contribution < 1.29 is 0 Å². The van der Waals surface area contributed by atoms with E-state index in [1.807, 2.05) is 6.07 Å². The third-order valence-electron chi connectivity index (χ3n) is 4.07. The SMILES string of the molecule is CCn1c2ccccc2c2cc(/C=N/N(C(C)=N)C(C)=N)ccc21. The molecule has 5 heteroatoms. The minimum atomic E-state index is 0.224. The normalized spacial score (nSPS) is 11.5. The Morgan fingerprint density at radius 2 is 1.71 bits per heavy atom. The van der Waals surface area contributed by atoms with Crippen LogP contribution in [-0.4, -0.2) is 27.5 Å². The first kappa shape index (κ1) is 15.9. The molecule has 3 rings (SSSR count). The van der Waals surface area contributed by atoms with Crippen molar-refractivity contribution in [2.75, 3.05) is 0 Å². The number of para-hydroxylation sites is 1. The van der Waals surface area contributed by atoms with E-state index in [1.165, 1.54) is 26.8 Å². The highest BCUT2D eigenvalue weighted by molar-refractivity contribution is 6.09. The Labute approximate surface area is 141 Å². The summed E-state index contributed by atoms with van der Waals surface area (Å²) in [6.45, 7) is 6.31. The lowest BCUT2D eigenvalue weighted by Crippen LogP contribution is -2.26. The molecule has 24 heavy (non-hydrogen) atoms. The third kappa shape index (κ3) is 2.69. The Kier molecular flexibility index (Phi) is 4.16. The Bertz CT molecular complexity index is 950. The molecule has 0 bridgehead atoms. The molecule has 0 unspecified atom stereocenters. The zero-order valence-electron chi connectivity index (χ0n) is 14.2. The lowest BCUT2D eigenvalue weighted by molar-refractivity contribution is 0.644. The average Bonchev–Trinajstić information content (AvgIpc) is 2.87. The first-order valence-corrected chi connectivity index (χ1v) is 7.98. The molecule has 0 atom stereocenters. The second kappa shape index (κ2) is 6.28. The molecule has 0 radical (unpaired) electrons. The van der Waals surface area contributed by atoms with E-state index in [0.29, 0.717) is 0 Å². The number of fused-ring (bicyclic) bond motifs is 3. The van der Waals surface area contributed by atoms with Crippen LogP contribution in [0, 0.1) is 10.8 Å². The lowest BCUT2D eigenvalue weighted by atomic mass is 10.1. The van der Waals surface area contributed by atoms with Crippen molar-refractivity contribution >= 4 is 39.7 Å². The highest BCUT2D eigenvalue weighted by Gasteiger charge is 2.09. The number of hydrogen-bond donors (Lipinski definition) is 2. The van der Waals surface area contributed by atoms with Gasteiger partial charge in [0.1, 0.15) is 11.7 Å². The van der Waals surface area contributed by atoms with Crippen LogP contribution in [0.4, 0.5) is 0 Å². The summed E-state index contributed by atoms with van der Waals surface area (Å²) in [4.78, 5) is 0. The molecule has 0 saturated heterocycles. The summed E-state index contributed by atoms with van der Waals surface area (Å²) in [5.74, 6) is 0.449. The number of hydrogen-bond acceptors (Lipinski definition) is 3. The van der Waals surface area contributed by atoms with E-state index in [4.69, 9.17) is 10.8 Å². The van der Waals surface area contributed by atoms with Crippen LogP contribution in [0.5, 0.6) is 0 Å². The quantitative estimate of drug-likeness (QED) is 0.418. The van der Waals surface area contributed by atoms with Crippen LogP contribution in [0.3, 0.4) is 0 Å². The van der Waals surface area contributed by atoms with Crippen molar-refractivity contribution in [3.63, 3.8) is 0 Å². The Morgan fingerprint density at radius 3 is 2.38 bits per heavy atom. The molecule has 1 aromatic heterocycles. The maximum absolute atomic E-state index is 7.68. The number of amidine groups is 2. The van der Waals surface area contributed by atoms with Gasteiger partial charge in [-0.1, -0.05) is 24.3 Å². The van der Waals surface area contributed by atoms with Gasteiger partial charge >= 0.3 is 0 Å². The summed E-state index contributed by atoms with van der Waals surface area (Å²) in [6, 6.07) is 14.6. The van der Waals surface area contributed by atoms with Crippen molar-refractivity contribution in [2.45, 2.75) is 27.3 Å². The molecule has 0 amide bonds. The van der Waals surface area contributed by atoms with Crippen molar-refractivity contribution in [1.29, 1.82) is 10.8 Å². The molecule has 2 N–H and O–H groups in total. The average molecular weight is 319 g/mol. The molecule has 5 nitrogen and oxygen atoms in total. The zero-order valence-corrected chi connectivity index (χ0v) is 14.2. The first-order chi connectivity index (χ1) is 11.5. The summed E-state index contributed by atoms with van der Waals surface area (Å²) < 4.78 is 2.31. The second-order valence-corrected chi connectivity index (χ2v) is 5.77. The Morgan fingerprint density at radius 1 is 1.04 bits per heavy atom. The number of rotatable bonds is 3. The molecular weight excluding hydrogens is 298 g/mol. The maximum Gasteiger partial charge on any atom is 0.120 e. The predicted octanol–water partition coefficient (Wildman–Crippen LogP) is 4.44. The highest BCUT2D eigenvalue weighted by atomic mass is 15.5. The summed E-state index contributed by atoms with van der Waals surface area (Å²) in [7, 11) is 0. The molecular formula is C19H21N5. The lowest BCUT2D eigenvalue weighted by Gasteiger charge is -2.14. The summed E-state index contributed by atoms with van der Waals surface area (Å²) >= 11 is 0. The van der Waals surface area contributed by atoms with Crippen LogP contribution in [0.1, 0.15) is 26.3 Å². The molecule has 0 aliphatic rings. The minimum absolute atomic E-state index is 0.224. The van der Waals surface area contributed by atoms with Crippen molar-refractivity contribution in [3.05, 3.63) is 48.0 Å². The Hall–Kier alpha value is -2.95.